The Morgan fingerprint density at radius 1 is 1.07 bits per heavy atom. The minimum Gasteiger partial charge on any atom is -0.314 e. The molecule has 15 heavy (non-hydrogen) atoms. The van der Waals surface area contributed by atoms with Crippen molar-refractivity contribution in [3.8, 4) is 0 Å². The van der Waals surface area contributed by atoms with E-state index in [0.717, 1.165) is 30.2 Å². The van der Waals surface area contributed by atoms with Gasteiger partial charge in [0.05, 0.1) is 0 Å². The van der Waals surface area contributed by atoms with Gasteiger partial charge in [0.2, 0.25) is 0 Å². The van der Waals surface area contributed by atoms with Gasteiger partial charge in [-0.1, -0.05) is 13.8 Å². The molecule has 0 bridgehead atoms. The number of nitrogens with zero attached hydrogens (tertiary/aromatic N) is 2. The first-order valence-electron chi connectivity index (χ1n) is 5.54. The molecule has 0 fully saturated rings. The van der Waals surface area contributed by atoms with Crippen molar-refractivity contribution in [1.29, 1.82) is 0 Å². The average molecular weight is 207 g/mol. The summed E-state index contributed by atoms with van der Waals surface area (Å²) < 4.78 is 0. The Morgan fingerprint density at radius 3 is 2.07 bits per heavy atom. The van der Waals surface area contributed by atoms with Crippen LogP contribution in [0.25, 0.3) is 0 Å². The van der Waals surface area contributed by atoms with Crippen LogP contribution in [0.15, 0.2) is 0 Å². The van der Waals surface area contributed by atoms with Crippen molar-refractivity contribution in [2.75, 3.05) is 6.54 Å². The maximum atomic E-state index is 4.39. The molecule has 0 aliphatic rings. The van der Waals surface area contributed by atoms with Gasteiger partial charge in [0.1, 0.15) is 5.82 Å². The van der Waals surface area contributed by atoms with Gasteiger partial charge >= 0.3 is 0 Å². The van der Waals surface area contributed by atoms with E-state index in [1.807, 2.05) is 6.92 Å². The van der Waals surface area contributed by atoms with E-state index in [0.29, 0.717) is 6.04 Å². The molecule has 0 aliphatic carbocycles. The molecular weight excluding hydrogens is 186 g/mol. The molecule has 0 saturated carbocycles. The van der Waals surface area contributed by atoms with Crippen molar-refractivity contribution in [2.24, 2.45) is 0 Å². The first-order valence-corrected chi connectivity index (χ1v) is 5.54. The Kier molecular flexibility index (Phi) is 4.21. The third kappa shape index (κ3) is 3.59. The van der Waals surface area contributed by atoms with Gasteiger partial charge in [-0.25, -0.2) is 9.97 Å². The number of aryl methyl sites for hydroxylation is 3. The van der Waals surface area contributed by atoms with Gasteiger partial charge in [0.25, 0.3) is 0 Å². The molecule has 3 heteroatoms. The maximum absolute atomic E-state index is 4.39. The highest BCUT2D eigenvalue weighted by Gasteiger charge is 2.06. The van der Waals surface area contributed by atoms with Crippen LogP contribution >= 0.6 is 0 Å². The normalized spacial score (nSPS) is 11.1. The molecule has 3 nitrogen and oxygen atoms in total. The summed E-state index contributed by atoms with van der Waals surface area (Å²) in [4.78, 5) is 8.79. The first kappa shape index (κ1) is 12.1. The van der Waals surface area contributed by atoms with Crippen LogP contribution in [0.5, 0.6) is 0 Å². The summed E-state index contributed by atoms with van der Waals surface area (Å²) in [5.74, 6) is 0.866. The third-order valence-electron chi connectivity index (χ3n) is 2.46. The van der Waals surface area contributed by atoms with Gasteiger partial charge in [-0.2, -0.15) is 0 Å². The SMILES string of the molecule is Cc1nc(C)c(CCNC(C)C)c(C)n1. The van der Waals surface area contributed by atoms with Crippen LogP contribution in [-0.4, -0.2) is 22.6 Å². The summed E-state index contributed by atoms with van der Waals surface area (Å²) in [6.07, 6.45) is 1.01. The van der Waals surface area contributed by atoms with Crippen molar-refractivity contribution in [1.82, 2.24) is 15.3 Å². The van der Waals surface area contributed by atoms with Crippen LogP contribution in [0.4, 0.5) is 0 Å². The van der Waals surface area contributed by atoms with Crippen LogP contribution in [0, 0.1) is 20.8 Å². The lowest BCUT2D eigenvalue weighted by molar-refractivity contribution is 0.587. The zero-order valence-electron chi connectivity index (χ0n) is 10.4. The lowest BCUT2D eigenvalue weighted by Crippen LogP contribution is -2.25. The van der Waals surface area contributed by atoms with Crippen LogP contribution in [0.3, 0.4) is 0 Å². The van der Waals surface area contributed by atoms with Crippen molar-refractivity contribution in [3.63, 3.8) is 0 Å². The lowest BCUT2D eigenvalue weighted by atomic mass is 10.1. The van der Waals surface area contributed by atoms with Crippen molar-refractivity contribution < 1.29 is 0 Å². The summed E-state index contributed by atoms with van der Waals surface area (Å²) in [7, 11) is 0. The highest BCUT2D eigenvalue weighted by atomic mass is 14.9. The van der Waals surface area contributed by atoms with E-state index >= 15 is 0 Å². The Bertz CT molecular complexity index is 309. The number of aromatic nitrogens is 2. The monoisotopic (exact) mass is 207 g/mol. The Labute approximate surface area is 92.3 Å². The molecule has 0 atom stereocenters. The second kappa shape index (κ2) is 5.21. The van der Waals surface area contributed by atoms with E-state index in [1.165, 1.54) is 5.56 Å². The minimum atomic E-state index is 0.539. The third-order valence-corrected chi connectivity index (χ3v) is 2.46. The lowest BCUT2D eigenvalue weighted by Gasteiger charge is -2.11. The average Bonchev–Trinajstić information content (AvgIpc) is 2.08. The Balaban J connectivity index is 2.68. The summed E-state index contributed by atoms with van der Waals surface area (Å²) in [5, 5.41) is 3.41. The first-order chi connectivity index (χ1) is 7.00. The Morgan fingerprint density at radius 2 is 1.60 bits per heavy atom. The molecule has 0 spiro atoms. The number of rotatable bonds is 4. The quantitative estimate of drug-likeness (QED) is 0.820. The molecule has 1 aromatic heterocycles. The van der Waals surface area contributed by atoms with Crippen LogP contribution in [-0.2, 0) is 6.42 Å². The fraction of sp³-hybridized carbons (Fsp3) is 0.667. The highest BCUT2D eigenvalue weighted by molar-refractivity contribution is 5.24. The van der Waals surface area contributed by atoms with Gasteiger partial charge in [0, 0.05) is 17.4 Å². The largest absolute Gasteiger partial charge is 0.314 e. The minimum absolute atomic E-state index is 0.539. The zero-order valence-corrected chi connectivity index (χ0v) is 10.4. The van der Waals surface area contributed by atoms with Gasteiger partial charge in [0.15, 0.2) is 0 Å². The molecular formula is C12H21N3. The van der Waals surface area contributed by atoms with E-state index in [4.69, 9.17) is 0 Å². The van der Waals surface area contributed by atoms with Crippen LogP contribution < -0.4 is 5.32 Å². The fourth-order valence-electron chi connectivity index (χ4n) is 1.75. The van der Waals surface area contributed by atoms with Gasteiger partial charge in [-0.3, -0.25) is 0 Å². The molecule has 1 rings (SSSR count). The summed E-state index contributed by atoms with van der Waals surface area (Å²) in [6, 6.07) is 0.539. The van der Waals surface area contributed by atoms with Gasteiger partial charge in [-0.15, -0.1) is 0 Å². The van der Waals surface area contributed by atoms with Crippen molar-refractivity contribution in [3.05, 3.63) is 22.8 Å². The molecule has 0 aliphatic heterocycles. The second-order valence-corrected chi connectivity index (χ2v) is 4.28. The summed E-state index contributed by atoms with van der Waals surface area (Å²) in [6.45, 7) is 11.4. The molecule has 0 aromatic carbocycles. The smallest absolute Gasteiger partial charge is 0.125 e. The Hall–Kier alpha value is -0.960. The maximum Gasteiger partial charge on any atom is 0.125 e. The predicted octanol–water partition coefficient (Wildman–Crippen LogP) is 1.94. The zero-order chi connectivity index (χ0) is 11.4. The number of nitrogens with one attached hydrogen (secondary N) is 1. The van der Waals surface area contributed by atoms with Crippen LogP contribution in [0.1, 0.15) is 36.6 Å². The molecule has 0 saturated heterocycles. The molecule has 0 unspecified atom stereocenters. The molecule has 1 N–H and O–H groups in total. The second-order valence-electron chi connectivity index (χ2n) is 4.28. The number of hydrogen-bond acceptors (Lipinski definition) is 3. The van der Waals surface area contributed by atoms with Gasteiger partial charge in [-0.05, 0) is 39.3 Å². The van der Waals surface area contributed by atoms with E-state index in [1.54, 1.807) is 0 Å². The van der Waals surface area contributed by atoms with E-state index < -0.39 is 0 Å². The van der Waals surface area contributed by atoms with E-state index in [9.17, 15) is 0 Å². The highest BCUT2D eigenvalue weighted by Crippen LogP contribution is 2.10. The van der Waals surface area contributed by atoms with E-state index in [-0.39, 0.29) is 0 Å². The molecule has 0 radical (unpaired) electrons. The summed E-state index contributed by atoms with van der Waals surface area (Å²) in [5.41, 5.74) is 3.52. The molecule has 84 valence electrons. The molecule has 1 aromatic rings. The van der Waals surface area contributed by atoms with Crippen LogP contribution in [0.2, 0.25) is 0 Å². The molecule has 0 amide bonds. The predicted molar refractivity (Wildman–Crippen MR) is 63.1 cm³/mol. The standard InChI is InChI=1S/C12H21N3/c1-8(2)13-7-6-12-9(3)14-11(5)15-10(12)4/h8,13H,6-7H2,1-5H3. The van der Waals surface area contributed by atoms with Crippen molar-refractivity contribution in [2.45, 2.75) is 47.1 Å². The topological polar surface area (TPSA) is 37.8 Å². The van der Waals surface area contributed by atoms with Gasteiger partial charge < -0.3 is 5.32 Å². The van der Waals surface area contributed by atoms with Crippen molar-refractivity contribution >= 4 is 0 Å². The number of hydrogen-bond donors (Lipinski definition) is 1. The van der Waals surface area contributed by atoms with E-state index in [2.05, 4.69) is 43.0 Å². The summed E-state index contributed by atoms with van der Waals surface area (Å²) >= 11 is 0. The fourth-order valence-corrected chi connectivity index (χ4v) is 1.75. The molecule has 1 heterocycles.